The van der Waals surface area contributed by atoms with Gasteiger partial charge in [0.25, 0.3) is 0 Å². The number of sulfonamides is 1. The molecular formula is C14H21FN2O2S. The zero-order valence-electron chi connectivity index (χ0n) is 11.8. The third kappa shape index (κ3) is 3.77. The molecule has 0 atom stereocenters. The van der Waals surface area contributed by atoms with Crippen molar-refractivity contribution < 1.29 is 12.8 Å². The van der Waals surface area contributed by atoms with Crippen molar-refractivity contribution in [3.8, 4) is 0 Å². The van der Waals surface area contributed by atoms with E-state index in [1.54, 1.807) is 23.4 Å². The molecule has 0 N–H and O–H groups in total. The maximum atomic E-state index is 13.5. The summed E-state index contributed by atoms with van der Waals surface area (Å²) in [5.41, 5.74) is 0.719. The molecule has 2 rings (SSSR count). The molecule has 20 heavy (non-hydrogen) atoms. The lowest BCUT2D eigenvalue weighted by molar-refractivity contribution is 0.190. The summed E-state index contributed by atoms with van der Waals surface area (Å²) in [5, 5.41) is 0. The van der Waals surface area contributed by atoms with E-state index in [-0.39, 0.29) is 11.6 Å². The second-order valence-corrected chi connectivity index (χ2v) is 7.24. The van der Waals surface area contributed by atoms with Gasteiger partial charge in [-0.1, -0.05) is 18.2 Å². The molecule has 1 aliphatic rings. The van der Waals surface area contributed by atoms with Gasteiger partial charge in [-0.3, -0.25) is 0 Å². The molecular weight excluding hydrogens is 279 g/mol. The van der Waals surface area contributed by atoms with E-state index < -0.39 is 10.0 Å². The fraction of sp³-hybridized carbons (Fsp3) is 0.571. The predicted octanol–water partition coefficient (Wildman–Crippen LogP) is 1.34. The van der Waals surface area contributed by atoms with Crippen LogP contribution in [0, 0.1) is 5.82 Å². The number of benzene rings is 1. The maximum Gasteiger partial charge on any atom is 0.213 e. The molecule has 6 heteroatoms. The number of nitrogens with zero attached hydrogens (tertiary/aromatic N) is 2. The number of hydrogen-bond donors (Lipinski definition) is 0. The molecule has 1 aromatic carbocycles. The Morgan fingerprint density at radius 2 is 1.80 bits per heavy atom. The molecule has 0 saturated carbocycles. The monoisotopic (exact) mass is 300 g/mol. The fourth-order valence-corrected chi connectivity index (χ4v) is 3.48. The molecule has 4 nitrogen and oxygen atoms in total. The van der Waals surface area contributed by atoms with E-state index in [2.05, 4.69) is 4.90 Å². The number of piperazine rings is 1. The molecule has 112 valence electrons. The Labute approximate surface area is 120 Å². The van der Waals surface area contributed by atoms with Crippen molar-refractivity contribution in [1.29, 1.82) is 0 Å². The summed E-state index contributed by atoms with van der Waals surface area (Å²) < 4.78 is 38.5. The van der Waals surface area contributed by atoms with Crippen LogP contribution in [0.4, 0.5) is 4.39 Å². The second-order valence-electron chi connectivity index (χ2n) is 4.98. The smallest absolute Gasteiger partial charge is 0.213 e. The molecule has 1 heterocycles. The highest BCUT2D eigenvalue weighted by molar-refractivity contribution is 7.89. The van der Waals surface area contributed by atoms with E-state index in [0.717, 1.165) is 12.1 Å². The highest BCUT2D eigenvalue weighted by Gasteiger charge is 2.25. The van der Waals surface area contributed by atoms with Crippen LogP contribution >= 0.6 is 0 Å². The fourth-order valence-electron chi connectivity index (χ4n) is 2.39. The molecule has 0 unspecified atom stereocenters. The van der Waals surface area contributed by atoms with Crippen molar-refractivity contribution in [2.45, 2.75) is 13.3 Å². The van der Waals surface area contributed by atoms with Crippen molar-refractivity contribution in [3.63, 3.8) is 0 Å². The van der Waals surface area contributed by atoms with E-state index >= 15 is 0 Å². The normalized spacial score (nSPS) is 18.3. The van der Waals surface area contributed by atoms with Gasteiger partial charge in [-0.2, -0.15) is 4.31 Å². The largest absolute Gasteiger partial charge is 0.300 e. The minimum Gasteiger partial charge on any atom is -0.300 e. The van der Waals surface area contributed by atoms with Gasteiger partial charge in [0.1, 0.15) is 5.82 Å². The highest BCUT2D eigenvalue weighted by Crippen LogP contribution is 2.11. The molecule has 1 fully saturated rings. The molecule has 1 aliphatic heterocycles. The maximum absolute atomic E-state index is 13.5. The average Bonchev–Trinajstić information content (AvgIpc) is 2.47. The SMILES string of the molecule is CCS(=O)(=O)N1CCN(CCc2ccccc2F)CC1. The van der Waals surface area contributed by atoms with Crippen LogP contribution in [0.25, 0.3) is 0 Å². The van der Waals surface area contributed by atoms with Gasteiger partial charge in [0.15, 0.2) is 0 Å². The van der Waals surface area contributed by atoms with Gasteiger partial charge < -0.3 is 4.90 Å². The van der Waals surface area contributed by atoms with Crippen LogP contribution in [0.1, 0.15) is 12.5 Å². The van der Waals surface area contributed by atoms with Crippen molar-refractivity contribution >= 4 is 10.0 Å². The zero-order chi connectivity index (χ0) is 14.6. The van der Waals surface area contributed by atoms with E-state index in [4.69, 9.17) is 0 Å². The van der Waals surface area contributed by atoms with E-state index in [1.165, 1.54) is 6.07 Å². The second kappa shape index (κ2) is 6.65. The van der Waals surface area contributed by atoms with Gasteiger partial charge >= 0.3 is 0 Å². The average molecular weight is 300 g/mol. The first-order chi connectivity index (χ1) is 9.53. The first-order valence-electron chi connectivity index (χ1n) is 6.96. The lowest BCUT2D eigenvalue weighted by Gasteiger charge is -2.33. The first kappa shape index (κ1) is 15.4. The summed E-state index contributed by atoms with van der Waals surface area (Å²) >= 11 is 0. The van der Waals surface area contributed by atoms with Crippen molar-refractivity contribution in [2.24, 2.45) is 0 Å². The van der Waals surface area contributed by atoms with Crippen molar-refractivity contribution in [1.82, 2.24) is 9.21 Å². The third-order valence-corrected chi connectivity index (χ3v) is 5.63. The first-order valence-corrected chi connectivity index (χ1v) is 8.57. The summed E-state index contributed by atoms with van der Waals surface area (Å²) in [4.78, 5) is 2.19. The Kier molecular flexibility index (Phi) is 5.12. The summed E-state index contributed by atoms with van der Waals surface area (Å²) in [7, 11) is -3.07. The molecule has 1 saturated heterocycles. The highest BCUT2D eigenvalue weighted by atomic mass is 32.2. The number of rotatable bonds is 5. The predicted molar refractivity (Wildman–Crippen MR) is 77.6 cm³/mol. The Morgan fingerprint density at radius 3 is 2.40 bits per heavy atom. The summed E-state index contributed by atoms with van der Waals surface area (Å²) in [5.74, 6) is -0.0120. The van der Waals surface area contributed by atoms with E-state index in [0.29, 0.717) is 32.6 Å². The molecule has 1 aromatic rings. The van der Waals surface area contributed by atoms with Gasteiger partial charge in [-0.15, -0.1) is 0 Å². The van der Waals surface area contributed by atoms with Crippen LogP contribution in [0.3, 0.4) is 0 Å². The van der Waals surface area contributed by atoms with Crippen LogP contribution in [-0.4, -0.2) is 56.1 Å². The minimum absolute atomic E-state index is 0.155. The van der Waals surface area contributed by atoms with Gasteiger partial charge in [0, 0.05) is 32.7 Å². The van der Waals surface area contributed by atoms with Crippen LogP contribution < -0.4 is 0 Å². The summed E-state index contributed by atoms with van der Waals surface area (Å²) in [6.45, 7) is 4.93. The van der Waals surface area contributed by atoms with Crippen LogP contribution in [0.15, 0.2) is 24.3 Å². The van der Waals surface area contributed by atoms with Crippen LogP contribution in [0.2, 0.25) is 0 Å². The minimum atomic E-state index is -3.07. The summed E-state index contributed by atoms with van der Waals surface area (Å²) in [6, 6.07) is 6.80. The van der Waals surface area contributed by atoms with Gasteiger partial charge in [0.2, 0.25) is 10.0 Å². The topological polar surface area (TPSA) is 40.6 Å². The number of halogens is 1. The van der Waals surface area contributed by atoms with Gasteiger partial charge in [0.05, 0.1) is 5.75 Å². The van der Waals surface area contributed by atoms with Gasteiger partial charge in [-0.25, -0.2) is 12.8 Å². The standard InChI is InChI=1S/C14H21FN2O2S/c1-2-20(18,19)17-11-9-16(10-12-17)8-7-13-5-3-4-6-14(13)15/h3-6H,2,7-12H2,1H3. The van der Waals surface area contributed by atoms with Crippen molar-refractivity contribution in [2.75, 3.05) is 38.5 Å². The zero-order valence-corrected chi connectivity index (χ0v) is 12.6. The lowest BCUT2D eigenvalue weighted by atomic mass is 10.1. The lowest BCUT2D eigenvalue weighted by Crippen LogP contribution is -2.49. The Bertz CT molecular complexity index is 540. The molecule has 0 aromatic heterocycles. The Balaban J connectivity index is 1.82. The van der Waals surface area contributed by atoms with Crippen LogP contribution in [0.5, 0.6) is 0 Å². The summed E-state index contributed by atoms with van der Waals surface area (Å²) in [6.07, 6.45) is 0.660. The Hall–Kier alpha value is -0.980. The molecule has 0 amide bonds. The molecule has 0 radical (unpaired) electrons. The van der Waals surface area contributed by atoms with Crippen LogP contribution in [-0.2, 0) is 16.4 Å². The quantitative estimate of drug-likeness (QED) is 0.824. The Morgan fingerprint density at radius 1 is 1.15 bits per heavy atom. The van der Waals surface area contributed by atoms with Gasteiger partial charge in [-0.05, 0) is 25.0 Å². The molecule has 0 bridgehead atoms. The number of hydrogen-bond acceptors (Lipinski definition) is 3. The van der Waals surface area contributed by atoms with E-state index in [1.807, 2.05) is 6.07 Å². The molecule has 0 spiro atoms. The van der Waals surface area contributed by atoms with E-state index in [9.17, 15) is 12.8 Å². The van der Waals surface area contributed by atoms with Crippen molar-refractivity contribution in [3.05, 3.63) is 35.6 Å². The third-order valence-electron chi connectivity index (χ3n) is 3.74. The molecule has 0 aliphatic carbocycles.